The van der Waals surface area contributed by atoms with Gasteiger partial charge in [-0.3, -0.25) is 4.55 Å². The molecule has 0 unspecified atom stereocenters. The molecule has 6 nitrogen and oxygen atoms in total. The van der Waals surface area contributed by atoms with Gasteiger partial charge >= 0.3 is 0 Å². The molecule has 0 aliphatic rings. The van der Waals surface area contributed by atoms with Gasteiger partial charge in [0.15, 0.2) is 0 Å². The highest BCUT2D eigenvalue weighted by Gasteiger charge is 2.20. The van der Waals surface area contributed by atoms with Crippen molar-refractivity contribution < 1.29 is 26.8 Å². The number of unbranched alkanes of at least 4 members (excludes halogenated alkanes) is 13. The maximum atomic E-state index is 10.5. The van der Waals surface area contributed by atoms with Crippen LogP contribution in [0.25, 0.3) is 0 Å². The molecule has 0 saturated heterocycles. The summed E-state index contributed by atoms with van der Waals surface area (Å²) >= 11 is 0. The van der Waals surface area contributed by atoms with Crippen molar-refractivity contribution in [2.45, 2.75) is 117 Å². The van der Waals surface area contributed by atoms with E-state index >= 15 is 0 Å². The minimum Gasteiger partial charge on any atom is -0.726 e. The van der Waals surface area contributed by atoms with E-state index in [9.17, 15) is 4.79 Å². The van der Waals surface area contributed by atoms with Crippen molar-refractivity contribution in [3.8, 4) is 0 Å². The second-order valence-corrected chi connectivity index (χ2v) is 9.63. The van der Waals surface area contributed by atoms with E-state index in [0.29, 0.717) is 0 Å². The first-order valence-electron chi connectivity index (χ1n) is 12.1. The van der Waals surface area contributed by atoms with Crippen LogP contribution in [0.15, 0.2) is 0 Å². The smallest absolute Gasteiger partial charge is 0.215 e. The number of aldehydes is 1. The van der Waals surface area contributed by atoms with E-state index in [1.807, 2.05) is 0 Å². The summed E-state index contributed by atoms with van der Waals surface area (Å²) < 4.78 is 34.1. The van der Waals surface area contributed by atoms with E-state index in [-0.39, 0.29) is 0 Å². The van der Waals surface area contributed by atoms with Crippen LogP contribution < -0.4 is 0 Å². The predicted octanol–water partition coefficient (Wildman–Crippen LogP) is 5.92. The number of carbonyl (C=O) groups excluding carboxylic acids is 1. The summed E-state index contributed by atoms with van der Waals surface area (Å²) in [4.78, 5) is 10.5. The van der Waals surface area contributed by atoms with Crippen molar-refractivity contribution in [2.24, 2.45) is 0 Å². The van der Waals surface area contributed by atoms with Gasteiger partial charge in [-0.1, -0.05) is 65.2 Å². The molecule has 0 aromatic heterocycles. The summed E-state index contributed by atoms with van der Waals surface area (Å²) in [7, 11) is -2.43. The molecule has 30 heavy (non-hydrogen) atoms. The SMILES string of the molecule is CCCCCCCC[N+](C)(CCCCCC=O)CCCCCCCC.O=S(=O)([O-])O. The highest BCUT2D eigenvalue weighted by atomic mass is 32.3. The van der Waals surface area contributed by atoms with E-state index in [2.05, 4.69) is 20.9 Å². The van der Waals surface area contributed by atoms with Crippen molar-refractivity contribution >= 4 is 16.7 Å². The van der Waals surface area contributed by atoms with Crippen LogP contribution in [-0.2, 0) is 15.2 Å². The average Bonchev–Trinajstić information content (AvgIpc) is 2.66. The summed E-state index contributed by atoms with van der Waals surface area (Å²) in [6, 6.07) is 0. The summed E-state index contributed by atoms with van der Waals surface area (Å²) in [6.45, 7) is 8.60. The van der Waals surface area contributed by atoms with Crippen molar-refractivity contribution in [2.75, 3.05) is 26.7 Å². The molecule has 0 saturated carbocycles. The monoisotopic (exact) mass is 451 g/mol. The Morgan fingerprint density at radius 2 is 1.00 bits per heavy atom. The van der Waals surface area contributed by atoms with Gasteiger partial charge in [-0.25, -0.2) is 8.42 Å². The largest absolute Gasteiger partial charge is 0.726 e. The molecule has 182 valence electrons. The molecule has 0 aliphatic carbocycles. The fourth-order valence-corrected chi connectivity index (χ4v) is 3.78. The molecule has 0 rings (SSSR count). The highest BCUT2D eigenvalue weighted by Crippen LogP contribution is 2.15. The summed E-state index contributed by atoms with van der Waals surface area (Å²) in [5, 5.41) is 0. The van der Waals surface area contributed by atoms with Gasteiger partial charge in [0.2, 0.25) is 10.4 Å². The van der Waals surface area contributed by atoms with Crippen LogP contribution in [0.5, 0.6) is 0 Å². The van der Waals surface area contributed by atoms with E-state index < -0.39 is 10.4 Å². The molecule has 0 aromatic carbocycles. The standard InChI is InChI=1S/C23H48NO.H2O4S/c1-4-6-8-10-12-16-20-24(3,22-18-14-15-19-23-25)21-17-13-11-9-7-5-2;1-5(2,3)4/h23H,4-22H2,1-3H3;(H2,1,2,3,4)/q+1;/p-1. The minimum absolute atomic E-state index is 0.749. The Bertz CT molecular complexity index is 444. The molecule has 0 fully saturated rings. The number of carbonyl (C=O) groups is 1. The second kappa shape index (κ2) is 21.7. The Labute approximate surface area is 187 Å². The third-order valence-corrected chi connectivity index (χ3v) is 5.62. The van der Waals surface area contributed by atoms with Gasteiger partial charge in [-0.2, -0.15) is 0 Å². The lowest BCUT2D eigenvalue weighted by Gasteiger charge is -2.35. The molecule has 0 atom stereocenters. The molecular formula is C23H49NO5S. The average molecular weight is 452 g/mol. The Hall–Kier alpha value is -0.500. The normalized spacial score (nSPS) is 11.8. The first-order valence-corrected chi connectivity index (χ1v) is 13.5. The molecule has 0 aromatic rings. The van der Waals surface area contributed by atoms with E-state index in [1.165, 1.54) is 114 Å². The maximum absolute atomic E-state index is 10.5. The van der Waals surface area contributed by atoms with Gasteiger partial charge in [-0.15, -0.1) is 0 Å². The molecule has 7 heteroatoms. The van der Waals surface area contributed by atoms with Gasteiger partial charge in [0.05, 0.1) is 26.7 Å². The van der Waals surface area contributed by atoms with E-state index in [4.69, 9.17) is 17.5 Å². The van der Waals surface area contributed by atoms with E-state index in [1.54, 1.807) is 0 Å². The molecule has 0 spiro atoms. The number of nitrogens with zero attached hydrogens (tertiary/aromatic N) is 1. The number of rotatable bonds is 20. The van der Waals surface area contributed by atoms with Gasteiger partial charge in [-0.05, 0) is 44.9 Å². The van der Waals surface area contributed by atoms with Crippen LogP contribution in [0.3, 0.4) is 0 Å². The van der Waals surface area contributed by atoms with Gasteiger partial charge in [0, 0.05) is 6.42 Å². The Balaban J connectivity index is 0. The van der Waals surface area contributed by atoms with Gasteiger partial charge in [0.1, 0.15) is 6.29 Å². The van der Waals surface area contributed by atoms with Crippen LogP contribution in [0.2, 0.25) is 0 Å². The maximum Gasteiger partial charge on any atom is 0.215 e. The zero-order valence-electron chi connectivity index (χ0n) is 19.9. The van der Waals surface area contributed by atoms with Crippen LogP contribution >= 0.6 is 0 Å². The Morgan fingerprint density at radius 1 is 0.700 bits per heavy atom. The second-order valence-electron chi connectivity index (χ2n) is 8.77. The molecule has 0 bridgehead atoms. The number of hydrogen-bond donors (Lipinski definition) is 1. The van der Waals surface area contributed by atoms with E-state index in [0.717, 1.165) is 19.1 Å². The lowest BCUT2D eigenvalue weighted by atomic mass is 10.1. The van der Waals surface area contributed by atoms with Crippen molar-refractivity contribution in [1.82, 2.24) is 0 Å². The van der Waals surface area contributed by atoms with Crippen molar-refractivity contribution in [1.29, 1.82) is 0 Å². The molecule has 0 radical (unpaired) electrons. The van der Waals surface area contributed by atoms with Crippen LogP contribution in [0.4, 0.5) is 0 Å². The van der Waals surface area contributed by atoms with Gasteiger partial charge < -0.3 is 13.8 Å². The quantitative estimate of drug-likeness (QED) is 0.0815. The Kier molecular flexibility index (Phi) is 22.9. The summed E-state index contributed by atoms with van der Waals surface area (Å²) in [5.41, 5.74) is 0. The molecule has 1 N–H and O–H groups in total. The van der Waals surface area contributed by atoms with Crippen molar-refractivity contribution in [3.05, 3.63) is 0 Å². The predicted molar refractivity (Wildman–Crippen MR) is 124 cm³/mol. The third-order valence-electron chi connectivity index (χ3n) is 5.62. The first kappa shape index (κ1) is 31.7. The van der Waals surface area contributed by atoms with Crippen LogP contribution in [0, 0.1) is 0 Å². The molecular weight excluding hydrogens is 402 g/mol. The van der Waals surface area contributed by atoms with Crippen LogP contribution in [-0.4, -0.2) is 55.0 Å². The third kappa shape index (κ3) is 29.7. The number of hydrogen-bond acceptors (Lipinski definition) is 4. The molecule has 0 aliphatic heterocycles. The highest BCUT2D eigenvalue weighted by molar-refractivity contribution is 7.79. The Morgan fingerprint density at radius 3 is 1.33 bits per heavy atom. The van der Waals surface area contributed by atoms with Gasteiger partial charge in [0.25, 0.3) is 0 Å². The zero-order chi connectivity index (χ0) is 23.1. The molecule has 0 heterocycles. The fraction of sp³-hybridized carbons (Fsp3) is 0.957. The first-order chi connectivity index (χ1) is 14.2. The number of quaternary nitrogens is 1. The van der Waals surface area contributed by atoms with Crippen LogP contribution in [0.1, 0.15) is 117 Å². The fourth-order valence-electron chi connectivity index (χ4n) is 3.78. The minimum atomic E-state index is -4.92. The van der Waals surface area contributed by atoms with Crippen molar-refractivity contribution in [3.63, 3.8) is 0 Å². The molecule has 0 amide bonds. The zero-order valence-corrected chi connectivity index (χ0v) is 20.8. The lowest BCUT2D eigenvalue weighted by Crippen LogP contribution is -2.46. The summed E-state index contributed by atoms with van der Waals surface area (Å²) in [6.07, 6.45) is 22.2. The lowest BCUT2D eigenvalue weighted by molar-refractivity contribution is -0.910. The summed E-state index contributed by atoms with van der Waals surface area (Å²) in [5.74, 6) is 0. The topological polar surface area (TPSA) is 94.5 Å².